The molecule has 0 saturated carbocycles. The van der Waals surface area contributed by atoms with Gasteiger partial charge in [-0.2, -0.15) is 0 Å². The van der Waals surface area contributed by atoms with E-state index in [1.165, 1.54) is 131 Å². The molecule has 0 bridgehead atoms. The van der Waals surface area contributed by atoms with Crippen molar-refractivity contribution in [2.24, 2.45) is 0 Å². The standard InChI is InChI=1S/C60H46/c1-59(2,3)38-27-28-40-37(31-38)32-39(60(4,5)6)33-49(40)43-29-30-48-54-45(43)24-16-26-47(54)57-52(35-17-9-7-10-18-35)51-34-50-42-22-14-13-21-41(42)44-23-15-25-46(55(44)50)56(51)53(58(48)57)36-19-11-8-12-20-36/h7-34H,1-6H3. The van der Waals surface area contributed by atoms with Crippen molar-refractivity contribution in [2.45, 2.75) is 52.4 Å². The lowest BCUT2D eigenvalue weighted by atomic mass is 9.80. The Morgan fingerprint density at radius 1 is 0.267 bits per heavy atom. The van der Waals surface area contributed by atoms with Crippen LogP contribution >= 0.6 is 0 Å². The molecule has 0 unspecified atom stereocenters. The van der Waals surface area contributed by atoms with Crippen LogP contribution in [0.2, 0.25) is 0 Å². The van der Waals surface area contributed by atoms with Crippen LogP contribution in [0.5, 0.6) is 0 Å². The molecule has 0 heteroatoms. The predicted octanol–water partition coefficient (Wildman–Crippen LogP) is 17.4. The zero-order valence-electron chi connectivity index (χ0n) is 35.2. The minimum Gasteiger partial charge on any atom is -0.0622 e. The monoisotopic (exact) mass is 766 g/mol. The molecule has 0 aliphatic carbocycles. The van der Waals surface area contributed by atoms with Gasteiger partial charge in [-0.3, -0.25) is 0 Å². The lowest BCUT2D eigenvalue weighted by molar-refractivity contribution is 0.589. The number of fused-ring (bicyclic) bond motifs is 9. The van der Waals surface area contributed by atoms with Gasteiger partial charge >= 0.3 is 0 Å². The van der Waals surface area contributed by atoms with Crippen molar-refractivity contribution in [3.63, 3.8) is 0 Å². The van der Waals surface area contributed by atoms with Crippen LogP contribution in [-0.4, -0.2) is 0 Å². The smallest absolute Gasteiger partial charge is 0.000719 e. The summed E-state index contributed by atoms with van der Waals surface area (Å²) >= 11 is 0. The average molecular weight is 767 g/mol. The van der Waals surface area contributed by atoms with E-state index in [0.29, 0.717) is 0 Å². The maximum atomic E-state index is 2.53. The van der Waals surface area contributed by atoms with Gasteiger partial charge in [-0.05, 0) is 154 Å². The highest BCUT2D eigenvalue weighted by Gasteiger charge is 2.28. The van der Waals surface area contributed by atoms with Crippen molar-refractivity contribution in [3.8, 4) is 33.4 Å². The molecule has 0 atom stereocenters. The van der Waals surface area contributed by atoms with Crippen LogP contribution in [0.4, 0.5) is 0 Å². The van der Waals surface area contributed by atoms with Gasteiger partial charge in [-0.25, -0.2) is 0 Å². The molecule has 0 aromatic heterocycles. The number of hydrogen-bond donors (Lipinski definition) is 0. The van der Waals surface area contributed by atoms with Gasteiger partial charge < -0.3 is 0 Å². The van der Waals surface area contributed by atoms with Crippen LogP contribution in [0.1, 0.15) is 52.7 Å². The fourth-order valence-corrected chi connectivity index (χ4v) is 10.7. The van der Waals surface area contributed by atoms with Crippen molar-refractivity contribution in [3.05, 3.63) is 181 Å². The summed E-state index contributed by atoms with van der Waals surface area (Å²) in [4.78, 5) is 0. The molecule has 286 valence electrons. The molecule has 60 heavy (non-hydrogen) atoms. The minimum absolute atomic E-state index is 0.00830. The van der Waals surface area contributed by atoms with Crippen LogP contribution < -0.4 is 0 Å². The van der Waals surface area contributed by atoms with E-state index < -0.39 is 0 Å². The van der Waals surface area contributed by atoms with Gasteiger partial charge in [-0.1, -0.05) is 199 Å². The Morgan fingerprint density at radius 3 is 1.45 bits per heavy atom. The van der Waals surface area contributed by atoms with Gasteiger partial charge in [0, 0.05) is 0 Å². The molecule has 12 aromatic rings. The van der Waals surface area contributed by atoms with E-state index in [2.05, 4.69) is 211 Å². The summed E-state index contributed by atoms with van der Waals surface area (Å²) in [6.45, 7) is 14.0. The first-order valence-electron chi connectivity index (χ1n) is 21.5. The molecule has 0 saturated heterocycles. The molecular weight excluding hydrogens is 721 g/mol. The first-order valence-corrected chi connectivity index (χ1v) is 21.5. The molecule has 0 heterocycles. The Labute approximate surface area is 351 Å². The summed E-state index contributed by atoms with van der Waals surface area (Å²) < 4.78 is 0. The van der Waals surface area contributed by atoms with Crippen LogP contribution in [0, 0.1) is 0 Å². The maximum Gasteiger partial charge on any atom is -0.000719 e. The summed E-state index contributed by atoms with van der Waals surface area (Å²) in [6, 6.07) is 64.9. The first-order chi connectivity index (χ1) is 29.1. The summed E-state index contributed by atoms with van der Waals surface area (Å²) in [7, 11) is 0. The van der Waals surface area contributed by atoms with Crippen molar-refractivity contribution in [2.75, 3.05) is 0 Å². The fraction of sp³-hybridized carbons (Fsp3) is 0.133. The summed E-state index contributed by atoms with van der Waals surface area (Å²) in [5.74, 6) is 0. The second-order valence-electron chi connectivity index (χ2n) is 19.2. The van der Waals surface area contributed by atoms with E-state index in [0.717, 1.165) is 0 Å². The fourth-order valence-electron chi connectivity index (χ4n) is 10.7. The molecule has 0 amide bonds. The lowest BCUT2D eigenvalue weighted by Crippen LogP contribution is -2.12. The first kappa shape index (κ1) is 35.2. The van der Waals surface area contributed by atoms with Gasteiger partial charge in [0.15, 0.2) is 0 Å². The highest BCUT2D eigenvalue weighted by Crippen LogP contribution is 2.55. The predicted molar refractivity (Wildman–Crippen MR) is 263 cm³/mol. The zero-order chi connectivity index (χ0) is 40.7. The summed E-state index contributed by atoms with van der Waals surface area (Å²) in [5.41, 5.74) is 10.5. The van der Waals surface area contributed by atoms with E-state index in [4.69, 9.17) is 0 Å². The van der Waals surface area contributed by atoms with E-state index in [-0.39, 0.29) is 10.8 Å². The maximum absolute atomic E-state index is 2.53. The third kappa shape index (κ3) is 4.91. The van der Waals surface area contributed by atoms with E-state index in [1.807, 2.05) is 0 Å². The molecule has 0 aliphatic heterocycles. The second kappa shape index (κ2) is 12.4. The molecule has 0 nitrogen and oxygen atoms in total. The van der Waals surface area contributed by atoms with E-state index in [1.54, 1.807) is 0 Å². The average Bonchev–Trinajstić information content (AvgIpc) is 3.76. The van der Waals surface area contributed by atoms with Gasteiger partial charge in [0.25, 0.3) is 0 Å². The van der Waals surface area contributed by atoms with Crippen LogP contribution in [0.25, 0.3) is 120 Å². The number of rotatable bonds is 3. The molecular formula is C60H46. The Hall–Kier alpha value is -6.76. The minimum atomic E-state index is -0.00830. The molecule has 12 aromatic carbocycles. The Balaban J connectivity index is 1.30. The normalized spacial score (nSPS) is 12.8. The third-order valence-corrected chi connectivity index (χ3v) is 13.6. The van der Waals surface area contributed by atoms with Gasteiger partial charge in [-0.15, -0.1) is 0 Å². The third-order valence-electron chi connectivity index (χ3n) is 13.6. The summed E-state index contributed by atoms with van der Waals surface area (Å²) in [5, 5.41) is 21.2. The van der Waals surface area contributed by atoms with Gasteiger partial charge in [0.1, 0.15) is 0 Å². The van der Waals surface area contributed by atoms with Gasteiger partial charge in [0.05, 0.1) is 0 Å². The Bertz CT molecular complexity index is 3680. The van der Waals surface area contributed by atoms with E-state index >= 15 is 0 Å². The highest BCUT2D eigenvalue weighted by atomic mass is 14.3. The van der Waals surface area contributed by atoms with Crippen LogP contribution in [0.15, 0.2) is 170 Å². The quantitative estimate of drug-likeness (QED) is 0.157. The van der Waals surface area contributed by atoms with Crippen molar-refractivity contribution in [1.29, 1.82) is 0 Å². The molecule has 0 fully saturated rings. The molecule has 12 rings (SSSR count). The molecule has 0 radical (unpaired) electrons. The highest BCUT2D eigenvalue weighted by molar-refractivity contribution is 6.45. The van der Waals surface area contributed by atoms with Crippen LogP contribution in [-0.2, 0) is 10.8 Å². The SMILES string of the molecule is CC(C)(C)c1ccc2c(-c3ccc4c5c(-c6ccccc6)c6c(cc7c8ccccc8c8cccc6c87)c(-c6ccccc6)c5c5cccc3c54)cc(C(C)(C)C)cc2c1. The molecule has 0 spiro atoms. The lowest BCUT2D eigenvalue weighted by Gasteiger charge is -2.24. The van der Waals surface area contributed by atoms with Crippen molar-refractivity contribution >= 4 is 86.2 Å². The largest absolute Gasteiger partial charge is 0.0622 e. The van der Waals surface area contributed by atoms with Crippen LogP contribution in [0.3, 0.4) is 0 Å². The Kier molecular flexibility index (Phi) is 7.27. The molecule has 0 N–H and O–H groups in total. The van der Waals surface area contributed by atoms with E-state index in [9.17, 15) is 0 Å². The van der Waals surface area contributed by atoms with Crippen molar-refractivity contribution < 1.29 is 0 Å². The number of benzene rings is 10. The second-order valence-corrected chi connectivity index (χ2v) is 19.2. The number of hydrogen-bond acceptors (Lipinski definition) is 0. The summed E-state index contributed by atoms with van der Waals surface area (Å²) in [6.07, 6.45) is 0. The molecule has 0 aliphatic rings. The van der Waals surface area contributed by atoms with Crippen molar-refractivity contribution in [1.82, 2.24) is 0 Å². The zero-order valence-corrected chi connectivity index (χ0v) is 35.2. The Morgan fingerprint density at radius 2 is 0.767 bits per heavy atom. The van der Waals surface area contributed by atoms with Gasteiger partial charge in [0.2, 0.25) is 0 Å². The topological polar surface area (TPSA) is 0 Å².